The number of aliphatic hydroxyl groups is 2. The van der Waals surface area contributed by atoms with Crippen molar-refractivity contribution < 1.29 is 14.9 Å². The number of aliphatic hydroxyl groups excluding tert-OH is 2. The molecule has 0 saturated carbocycles. The average molecular weight is 299 g/mol. The lowest BCUT2D eigenvalue weighted by molar-refractivity contribution is -0.131. The third-order valence-electron chi connectivity index (χ3n) is 3.92. The Labute approximate surface area is 121 Å². The standard InChI is InChI=1S/C13H21N3O5/c1-8-6-16(12(20)15-11(8)19)10-5-9(18)13(7-17,21-10)3-4-14-2/h6,9-10,14,17-18H,3-5,7H2,1-2H3,(H,15,19,20)/t9-,10+,13+/m0/s1. The van der Waals surface area contributed by atoms with Crippen molar-refractivity contribution in [3.05, 3.63) is 32.6 Å². The summed E-state index contributed by atoms with van der Waals surface area (Å²) in [6, 6.07) is 0. The molecular formula is C13H21N3O5. The van der Waals surface area contributed by atoms with Gasteiger partial charge in [0, 0.05) is 18.2 Å². The zero-order chi connectivity index (χ0) is 15.6. The summed E-state index contributed by atoms with van der Waals surface area (Å²) in [5.74, 6) is 0. The molecule has 0 aromatic carbocycles. The van der Waals surface area contributed by atoms with Crippen LogP contribution in [0.25, 0.3) is 0 Å². The third-order valence-corrected chi connectivity index (χ3v) is 3.92. The highest BCUT2D eigenvalue weighted by atomic mass is 16.6. The highest BCUT2D eigenvalue weighted by Gasteiger charge is 2.48. The van der Waals surface area contributed by atoms with Gasteiger partial charge in [0.25, 0.3) is 5.56 Å². The zero-order valence-corrected chi connectivity index (χ0v) is 12.1. The molecule has 0 unspecified atom stereocenters. The Balaban J connectivity index is 2.30. The molecule has 1 fully saturated rings. The van der Waals surface area contributed by atoms with E-state index in [0.29, 0.717) is 18.5 Å². The maximum Gasteiger partial charge on any atom is 0.330 e. The molecule has 1 aliphatic rings. The van der Waals surface area contributed by atoms with E-state index in [4.69, 9.17) is 4.74 Å². The number of nitrogens with zero attached hydrogens (tertiary/aromatic N) is 1. The van der Waals surface area contributed by atoms with Gasteiger partial charge in [0.1, 0.15) is 11.8 Å². The first kappa shape index (κ1) is 15.9. The van der Waals surface area contributed by atoms with Crippen molar-refractivity contribution in [2.45, 2.75) is 37.7 Å². The van der Waals surface area contributed by atoms with Gasteiger partial charge in [0.2, 0.25) is 0 Å². The number of aromatic nitrogens is 2. The smallest absolute Gasteiger partial charge is 0.330 e. The van der Waals surface area contributed by atoms with Gasteiger partial charge in [-0.2, -0.15) is 0 Å². The number of nitrogens with one attached hydrogen (secondary N) is 2. The summed E-state index contributed by atoms with van der Waals surface area (Å²) in [6.07, 6.45) is 0.390. The first-order valence-corrected chi connectivity index (χ1v) is 6.87. The van der Waals surface area contributed by atoms with E-state index >= 15 is 0 Å². The topological polar surface area (TPSA) is 117 Å². The maximum atomic E-state index is 11.9. The summed E-state index contributed by atoms with van der Waals surface area (Å²) in [4.78, 5) is 25.5. The van der Waals surface area contributed by atoms with E-state index in [1.807, 2.05) is 0 Å². The molecule has 2 rings (SSSR count). The summed E-state index contributed by atoms with van der Waals surface area (Å²) in [7, 11) is 1.76. The second-order valence-corrected chi connectivity index (χ2v) is 5.38. The van der Waals surface area contributed by atoms with Crippen molar-refractivity contribution in [2.75, 3.05) is 20.2 Å². The summed E-state index contributed by atoms with van der Waals surface area (Å²) < 4.78 is 7.02. The van der Waals surface area contributed by atoms with Crippen LogP contribution in [0.4, 0.5) is 0 Å². The van der Waals surface area contributed by atoms with Crippen LogP contribution in [0.5, 0.6) is 0 Å². The molecule has 0 bridgehead atoms. The number of aromatic amines is 1. The number of hydrogen-bond donors (Lipinski definition) is 4. The molecule has 118 valence electrons. The Bertz CT molecular complexity index is 611. The lowest BCUT2D eigenvalue weighted by Crippen LogP contribution is -2.45. The van der Waals surface area contributed by atoms with Crippen LogP contribution < -0.4 is 16.6 Å². The highest BCUT2D eigenvalue weighted by molar-refractivity contribution is 5.03. The Kier molecular flexibility index (Phi) is 4.62. The van der Waals surface area contributed by atoms with Crippen molar-refractivity contribution in [3.63, 3.8) is 0 Å². The predicted octanol–water partition coefficient (Wildman–Crippen LogP) is -1.53. The minimum Gasteiger partial charge on any atom is -0.393 e. The van der Waals surface area contributed by atoms with E-state index in [1.54, 1.807) is 14.0 Å². The van der Waals surface area contributed by atoms with Crippen LogP contribution in [-0.2, 0) is 4.74 Å². The van der Waals surface area contributed by atoms with Gasteiger partial charge < -0.3 is 20.3 Å². The van der Waals surface area contributed by atoms with Crippen LogP contribution in [0.2, 0.25) is 0 Å². The fourth-order valence-corrected chi connectivity index (χ4v) is 2.56. The molecule has 2 heterocycles. The van der Waals surface area contributed by atoms with Gasteiger partial charge >= 0.3 is 5.69 Å². The third kappa shape index (κ3) is 2.93. The van der Waals surface area contributed by atoms with Gasteiger partial charge in [0.05, 0.1) is 12.7 Å². The first-order chi connectivity index (χ1) is 9.93. The molecule has 1 aromatic rings. The molecule has 0 spiro atoms. The molecule has 1 aliphatic heterocycles. The Morgan fingerprint density at radius 2 is 2.29 bits per heavy atom. The number of hydrogen-bond acceptors (Lipinski definition) is 6. The van der Waals surface area contributed by atoms with Crippen LogP contribution in [-0.4, -0.2) is 51.7 Å². The Morgan fingerprint density at radius 1 is 1.57 bits per heavy atom. The number of ether oxygens (including phenoxy) is 1. The van der Waals surface area contributed by atoms with Crippen LogP contribution in [0.15, 0.2) is 15.8 Å². The summed E-state index contributed by atoms with van der Waals surface area (Å²) in [5, 5.41) is 22.7. The number of rotatable bonds is 5. The number of H-pyrrole nitrogens is 1. The average Bonchev–Trinajstić information content (AvgIpc) is 2.78. The summed E-state index contributed by atoms with van der Waals surface area (Å²) in [6.45, 7) is 1.80. The van der Waals surface area contributed by atoms with E-state index in [2.05, 4.69) is 10.3 Å². The zero-order valence-electron chi connectivity index (χ0n) is 12.1. The van der Waals surface area contributed by atoms with E-state index in [9.17, 15) is 19.8 Å². The highest BCUT2D eigenvalue weighted by Crippen LogP contribution is 2.38. The Hall–Kier alpha value is -1.48. The lowest BCUT2D eigenvalue weighted by atomic mass is 9.94. The van der Waals surface area contributed by atoms with Gasteiger partial charge in [-0.3, -0.25) is 14.3 Å². The second kappa shape index (κ2) is 6.10. The molecule has 0 amide bonds. The molecule has 8 nitrogen and oxygen atoms in total. The quantitative estimate of drug-likeness (QED) is 0.524. The Morgan fingerprint density at radius 3 is 2.90 bits per heavy atom. The summed E-state index contributed by atoms with van der Waals surface area (Å²) >= 11 is 0. The normalized spacial score (nSPS) is 29.0. The molecule has 3 atom stereocenters. The van der Waals surface area contributed by atoms with Gasteiger partial charge in [-0.1, -0.05) is 0 Å². The predicted molar refractivity (Wildman–Crippen MR) is 75.2 cm³/mol. The molecular weight excluding hydrogens is 278 g/mol. The maximum absolute atomic E-state index is 11.9. The summed E-state index contributed by atoms with van der Waals surface area (Å²) in [5.41, 5.74) is -1.76. The van der Waals surface area contributed by atoms with Crippen LogP contribution in [0, 0.1) is 6.92 Å². The van der Waals surface area contributed by atoms with Gasteiger partial charge in [-0.25, -0.2) is 4.79 Å². The fourth-order valence-electron chi connectivity index (χ4n) is 2.56. The SMILES string of the molecule is CNCC[C@]1(CO)O[C@@H](n2cc(C)c(=O)[nH]c2=O)C[C@@H]1O. The monoisotopic (exact) mass is 299 g/mol. The van der Waals surface area contributed by atoms with Gasteiger partial charge in [0.15, 0.2) is 0 Å². The van der Waals surface area contributed by atoms with Crippen molar-refractivity contribution in [2.24, 2.45) is 0 Å². The van der Waals surface area contributed by atoms with Crippen LogP contribution in [0.1, 0.15) is 24.6 Å². The fraction of sp³-hybridized carbons (Fsp3) is 0.692. The molecule has 4 N–H and O–H groups in total. The van der Waals surface area contributed by atoms with Crippen molar-refractivity contribution in [1.29, 1.82) is 0 Å². The largest absolute Gasteiger partial charge is 0.393 e. The number of aryl methyl sites for hydroxylation is 1. The van der Waals surface area contributed by atoms with Crippen molar-refractivity contribution >= 4 is 0 Å². The van der Waals surface area contributed by atoms with E-state index < -0.39 is 29.2 Å². The minimum atomic E-state index is -1.10. The molecule has 21 heavy (non-hydrogen) atoms. The second-order valence-electron chi connectivity index (χ2n) is 5.38. The van der Waals surface area contributed by atoms with Crippen LogP contribution >= 0.6 is 0 Å². The van der Waals surface area contributed by atoms with Gasteiger partial charge in [-0.15, -0.1) is 0 Å². The first-order valence-electron chi connectivity index (χ1n) is 6.87. The van der Waals surface area contributed by atoms with Crippen molar-refractivity contribution in [3.8, 4) is 0 Å². The van der Waals surface area contributed by atoms with Crippen LogP contribution in [0.3, 0.4) is 0 Å². The minimum absolute atomic E-state index is 0.176. The van der Waals surface area contributed by atoms with Crippen molar-refractivity contribution in [1.82, 2.24) is 14.9 Å². The lowest BCUT2D eigenvalue weighted by Gasteiger charge is -2.30. The molecule has 1 saturated heterocycles. The molecule has 0 aliphatic carbocycles. The van der Waals surface area contributed by atoms with E-state index in [0.717, 1.165) is 0 Å². The van der Waals surface area contributed by atoms with Gasteiger partial charge in [-0.05, 0) is 26.9 Å². The molecule has 1 aromatic heterocycles. The molecule has 8 heteroatoms. The van der Waals surface area contributed by atoms with E-state index in [1.165, 1.54) is 10.8 Å². The molecule has 0 radical (unpaired) electrons. The van der Waals surface area contributed by atoms with E-state index in [-0.39, 0.29) is 13.0 Å².